The summed E-state index contributed by atoms with van der Waals surface area (Å²) in [5, 5.41) is 14.4. The molecule has 38 heavy (non-hydrogen) atoms. The summed E-state index contributed by atoms with van der Waals surface area (Å²) in [5.74, 6) is 1.17. The van der Waals surface area contributed by atoms with Gasteiger partial charge in [0, 0.05) is 56.2 Å². The first-order valence-electron chi connectivity index (χ1n) is 13.1. The molecule has 0 aliphatic carbocycles. The van der Waals surface area contributed by atoms with Crippen molar-refractivity contribution in [2.45, 2.75) is 26.3 Å². The number of carbonyl (C=O) groups is 1. The number of anilines is 4. The van der Waals surface area contributed by atoms with E-state index in [0.29, 0.717) is 17.2 Å². The Morgan fingerprint density at radius 3 is 2.82 bits per heavy atom. The van der Waals surface area contributed by atoms with E-state index in [0.717, 1.165) is 79.1 Å². The van der Waals surface area contributed by atoms with E-state index in [-0.39, 0.29) is 5.91 Å². The van der Waals surface area contributed by atoms with Crippen molar-refractivity contribution < 1.29 is 4.79 Å². The van der Waals surface area contributed by atoms with E-state index in [1.165, 1.54) is 0 Å². The van der Waals surface area contributed by atoms with Crippen LogP contribution in [0.15, 0.2) is 48.9 Å². The summed E-state index contributed by atoms with van der Waals surface area (Å²) in [6, 6.07) is 9.64. The number of aromatic amines is 2. The van der Waals surface area contributed by atoms with E-state index in [4.69, 9.17) is 4.98 Å². The van der Waals surface area contributed by atoms with Gasteiger partial charge in [-0.25, -0.2) is 9.97 Å². The molecule has 1 amide bonds. The molecule has 0 saturated carbocycles. The number of H-pyrrole nitrogens is 2. The lowest BCUT2D eigenvalue weighted by Gasteiger charge is -2.35. The third-order valence-corrected chi connectivity index (χ3v) is 7.09. The number of hydrogen-bond acceptors (Lipinski definition) is 7. The average Bonchev–Trinajstić information content (AvgIpc) is 3.66. The van der Waals surface area contributed by atoms with Crippen molar-refractivity contribution in [3.63, 3.8) is 0 Å². The van der Waals surface area contributed by atoms with Crippen LogP contribution in [0.1, 0.15) is 30.1 Å². The van der Waals surface area contributed by atoms with Crippen LogP contribution in [-0.2, 0) is 6.54 Å². The number of unbranched alkanes of at least 4 members (excludes halogenated alkanes) is 1. The maximum atomic E-state index is 13.6. The number of fused-ring (bicyclic) bond motifs is 2. The van der Waals surface area contributed by atoms with Crippen LogP contribution < -0.4 is 15.5 Å². The van der Waals surface area contributed by atoms with Crippen LogP contribution in [0.25, 0.3) is 21.9 Å². The molecule has 4 N–H and O–H groups in total. The van der Waals surface area contributed by atoms with Crippen molar-refractivity contribution in [1.29, 1.82) is 0 Å². The first kappa shape index (κ1) is 24.0. The van der Waals surface area contributed by atoms with Crippen molar-refractivity contribution in [2.75, 3.05) is 48.8 Å². The Morgan fingerprint density at radius 2 is 1.97 bits per heavy atom. The Bertz CT molecular complexity index is 1570. The van der Waals surface area contributed by atoms with Gasteiger partial charge in [0.05, 0.1) is 34.0 Å². The smallest absolute Gasteiger partial charge is 0.257 e. The number of carbonyl (C=O) groups excluding carboxylic acids is 1. The summed E-state index contributed by atoms with van der Waals surface area (Å²) in [6.45, 7) is 6.61. The Labute approximate surface area is 220 Å². The van der Waals surface area contributed by atoms with Crippen molar-refractivity contribution in [3.8, 4) is 0 Å². The minimum atomic E-state index is -0.168. The minimum absolute atomic E-state index is 0.168. The zero-order valence-electron chi connectivity index (χ0n) is 21.7. The van der Waals surface area contributed by atoms with Crippen LogP contribution in [0.5, 0.6) is 0 Å². The van der Waals surface area contributed by atoms with Gasteiger partial charge in [0.1, 0.15) is 0 Å². The van der Waals surface area contributed by atoms with E-state index in [1.54, 1.807) is 12.4 Å². The number of likely N-dealkylation sites (N-methyl/N-ethyl adjacent to an activating group) is 1. The predicted octanol–water partition coefficient (Wildman–Crippen LogP) is 4.18. The molecule has 1 aliphatic heterocycles. The molecule has 2 aromatic carbocycles. The average molecular weight is 513 g/mol. The number of rotatable bonds is 8. The fourth-order valence-electron chi connectivity index (χ4n) is 4.86. The summed E-state index contributed by atoms with van der Waals surface area (Å²) in [4.78, 5) is 30.8. The molecule has 5 aromatic rings. The SMILES string of the molecule is CCCCn1ccnc1Nc1nc2cc(N3CCN(C)CC3)c(C(=O)Nc3ccc4cn[nH]c4c3)cc2[nH]1. The number of amides is 1. The summed E-state index contributed by atoms with van der Waals surface area (Å²) in [7, 11) is 2.12. The van der Waals surface area contributed by atoms with Crippen LogP contribution >= 0.6 is 0 Å². The number of nitrogens with zero attached hydrogens (tertiary/aromatic N) is 6. The van der Waals surface area contributed by atoms with E-state index in [2.05, 4.69) is 59.1 Å². The largest absolute Gasteiger partial charge is 0.368 e. The molecule has 11 heteroatoms. The van der Waals surface area contributed by atoms with E-state index >= 15 is 0 Å². The lowest BCUT2D eigenvalue weighted by Crippen LogP contribution is -2.45. The highest BCUT2D eigenvalue weighted by atomic mass is 16.1. The van der Waals surface area contributed by atoms with Crippen molar-refractivity contribution in [2.24, 2.45) is 0 Å². The van der Waals surface area contributed by atoms with Gasteiger partial charge >= 0.3 is 0 Å². The number of hydrogen-bond donors (Lipinski definition) is 4. The fourth-order valence-corrected chi connectivity index (χ4v) is 4.86. The maximum Gasteiger partial charge on any atom is 0.257 e. The summed E-state index contributed by atoms with van der Waals surface area (Å²) >= 11 is 0. The first-order chi connectivity index (χ1) is 18.6. The van der Waals surface area contributed by atoms with Crippen LogP contribution in [0, 0.1) is 0 Å². The zero-order chi connectivity index (χ0) is 26.1. The standard InChI is InChI=1S/C27H32N10O/c1-3-4-8-37-9-7-28-27(37)33-26-31-22-15-20(24(16-23(22)32-26)36-12-10-35(2)11-13-36)25(38)30-19-6-5-18-17-29-34-21(18)14-19/h5-7,9,14-17H,3-4,8,10-13H2,1-2H3,(H,29,34)(H,30,38)(H2,28,31,32,33). The highest BCUT2D eigenvalue weighted by molar-refractivity contribution is 6.11. The highest BCUT2D eigenvalue weighted by Gasteiger charge is 2.23. The number of aryl methyl sites for hydroxylation is 1. The Morgan fingerprint density at radius 1 is 1.11 bits per heavy atom. The molecule has 0 bridgehead atoms. The Hall–Kier alpha value is -4.38. The van der Waals surface area contributed by atoms with Gasteiger partial charge in [0.2, 0.25) is 11.9 Å². The summed E-state index contributed by atoms with van der Waals surface area (Å²) in [5.41, 5.74) is 4.65. The van der Waals surface area contributed by atoms with Crippen LogP contribution in [-0.4, -0.2) is 73.8 Å². The predicted molar refractivity (Wildman–Crippen MR) is 150 cm³/mol. The van der Waals surface area contributed by atoms with Gasteiger partial charge in [-0.1, -0.05) is 13.3 Å². The van der Waals surface area contributed by atoms with Crippen LogP contribution in [0.3, 0.4) is 0 Å². The van der Waals surface area contributed by atoms with Crippen LogP contribution in [0.2, 0.25) is 0 Å². The van der Waals surface area contributed by atoms with Crippen molar-refractivity contribution in [1.82, 2.24) is 34.6 Å². The summed E-state index contributed by atoms with van der Waals surface area (Å²) in [6.07, 6.45) is 7.70. The molecule has 196 valence electrons. The number of nitrogens with one attached hydrogen (secondary N) is 4. The minimum Gasteiger partial charge on any atom is -0.368 e. The van der Waals surface area contributed by atoms with Gasteiger partial charge in [-0.2, -0.15) is 5.10 Å². The van der Waals surface area contributed by atoms with Gasteiger partial charge in [0.25, 0.3) is 5.91 Å². The van der Waals surface area contributed by atoms with E-state index < -0.39 is 0 Å². The maximum absolute atomic E-state index is 13.6. The third kappa shape index (κ3) is 4.80. The molecule has 6 rings (SSSR count). The molecule has 11 nitrogen and oxygen atoms in total. The molecule has 0 atom stereocenters. The summed E-state index contributed by atoms with van der Waals surface area (Å²) < 4.78 is 2.09. The Balaban J connectivity index is 1.33. The van der Waals surface area contributed by atoms with E-state index in [1.807, 2.05) is 36.5 Å². The van der Waals surface area contributed by atoms with Crippen LogP contribution in [0.4, 0.5) is 23.3 Å². The highest BCUT2D eigenvalue weighted by Crippen LogP contribution is 2.30. The molecule has 1 aliphatic rings. The number of piperazine rings is 1. The van der Waals surface area contributed by atoms with Crippen molar-refractivity contribution >= 4 is 51.1 Å². The molecule has 0 unspecified atom stereocenters. The monoisotopic (exact) mass is 512 g/mol. The topological polar surface area (TPSA) is 123 Å². The number of aromatic nitrogens is 6. The van der Waals surface area contributed by atoms with Gasteiger partial charge in [-0.05, 0) is 43.8 Å². The molecule has 1 fully saturated rings. The number of benzene rings is 2. The van der Waals surface area contributed by atoms with Crippen molar-refractivity contribution in [3.05, 3.63) is 54.5 Å². The van der Waals surface area contributed by atoms with Gasteiger partial charge in [0.15, 0.2) is 0 Å². The first-order valence-corrected chi connectivity index (χ1v) is 13.1. The fraction of sp³-hybridized carbons (Fsp3) is 0.333. The normalized spacial score (nSPS) is 14.4. The third-order valence-electron chi connectivity index (χ3n) is 7.09. The second kappa shape index (κ2) is 10.2. The van der Waals surface area contributed by atoms with E-state index in [9.17, 15) is 4.79 Å². The molecule has 0 radical (unpaired) electrons. The lowest BCUT2D eigenvalue weighted by molar-refractivity contribution is 0.102. The molecular weight excluding hydrogens is 480 g/mol. The number of imidazole rings is 2. The molecule has 0 spiro atoms. The molecule has 4 heterocycles. The zero-order valence-corrected chi connectivity index (χ0v) is 21.7. The molecule has 1 saturated heterocycles. The second-order valence-electron chi connectivity index (χ2n) is 9.81. The second-order valence-corrected chi connectivity index (χ2v) is 9.81. The lowest BCUT2D eigenvalue weighted by atomic mass is 10.1. The molecule has 3 aromatic heterocycles. The molecular formula is C27H32N10O. The van der Waals surface area contributed by atoms with Gasteiger partial charge in [-0.15, -0.1) is 0 Å². The Kier molecular flexibility index (Phi) is 6.42. The van der Waals surface area contributed by atoms with Gasteiger partial charge in [-0.3, -0.25) is 15.2 Å². The quantitative estimate of drug-likeness (QED) is 0.246. The van der Waals surface area contributed by atoms with Gasteiger partial charge < -0.3 is 24.7 Å².